The van der Waals surface area contributed by atoms with Gasteiger partial charge >= 0.3 is 0 Å². The number of nitrogens with zero attached hydrogens (tertiary/aromatic N) is 1. The summed E-state index contributed by atoms with van der Waals surface area (Å²) < 4.78 is 5.19. The van der Waals surface area contributed by atoms with Gasteiger partial charge in [0.1, 0.15) is 6.23 Å². The largest absolute Gasteiger partial charge is 0.367 e. The van der Waals surface area contributed by atoms with Gasteiger partial charge in [-0.2, -0.15) is 0 Å². The summed E-state index contributed by atoms with van der Waals surface area (Å²) >= 11 is 0. The summed E-state index contributed by atoms with van der Waals surface area (Å²) in [6.07, 6.45) is 0.790. The third-order valence-corrected chi connectivity index (χ3v) is 3.49. The van der Waals surface area contributed by atoms with E-state index in [0.717, 1.165) is 12.0 Å². The molecule has 1 aliphatic heterocycles. The van der Waals surface area contributed by atoms with E-state index in [1.54, 1.807) is 7.11 Å². The zero-order valence-electron chi connectivity index (χ0n) is 12.2. The van der Waals surface area contributed by atoms with Crippen molar-refractivity contribution >= 4 is 5.91 Å². The van der Waals surface area contributed by atoms with E-state index in [2.05, 4.69) is 18.8 Å². The predicted molar refractivity (Wildman–Crippen MR) is 73.2 cm³/mol. The molecule has 1 fully saturated rings. The Bertz CT molecular complexity index is 315. The fraction of sp³-hybridized carbons (Fsp3) is 0.786. The lowest BCUT2D eigenvalue weighted by atomic mass is 10.0. The van der Waals surface area contributed by atoms with Crippen molar-refractivity contribution in [2.24, 2.45) is 5.92 Å². The minimum Gasteiger partial charge on any atom is -0.367 e. The van der Waals surface area contributed by atoms with Crippen molar-refractivity contribution in [3.05, 3.63) is 12.2 Å². The van der Waals surface area contributed by atoms with Crippen LogP contribution in [-0.2, 0) is 9.53 Å². The Morgan fingerprint density at radius 3 is 2.50 bits per heavy atom. The minimum atomic E-state index is -0.201. The Morgan fingerprint density at radius 1 is 1.50 bits per heavy atom. The number of carbonyl (C=O) groups is 1. The molecule has 18 heavy (non-hydrogen) atoms. The summed E-state index contributed by atoms with van der Waals surface area (Å²) in [7, 11) is 1.64. The van der Waals surface area contributed by atoms with Gasteiger partial charge in [-0.05, 0) is 26.2 Å². The van der Waals surface area contributed by atoms with Crippen molar-refractivity contribution in [3.8, 4) is 0 Å². The van der Waals surface area contributed by atoms with E-state index in [4.69, 9.17) is 4.74 Å². The molecule has 1 heterocycles. The van der Waals surface area contributed by atoms with Crippen molar-refractivity contribution in [1.82, 2.24) is 10.2 Å². The summed E-state index contributed by atoms with van der Waals surface area (Å²) in [6.45, 7) is 12.8. The fourth-order valence-electron chi connectivity index (χ4n) is 2.33. The SMILES string of the molecule is C=C1CC(C)N(C(=O)[C@@H](NC(C)OC)C(C)C)C1. The van der Waals surface area contributed by atoms with Crippen LogP contribution in [-0.4, -0.2) is 42.8 Å². The van der Waals surface area contributed by atoms with E-state index >= 15 is 0 Å². The van der Waals surface area contributed by atoms with Crippen molar-refractivity contribution in [2.75, 3.05) is 13.7 Å². The summed E-state index contributed by atoms with van der Waals surface area (Å²) in [4.78, 5) is 14.5. The highest BCUT2D eigenvalue weighted by molar-refractivity contribution is 5.83. The molecule has 0 aliphatic carbocycles. The maximum atomic E-state index is 12.6. The molecule has 1 rings (SSSR count). The quantitative estimate of drug-likeness (QED) is 0.600. The van der Waals surface area contributed by atoms with Gasteiger partial charge in [0.15, 0.2) is 0 Å². The average molecular weight is 254 g/mol. The van der Waals surface area contributed by atoms with E-state index < -0.39 is 0 Å². The number of carbonyl (C=O) groups excluding carboxylic acids is 1. The lowest BCUT2D eigenvalue weighted by molar-refractivity contribution is -0.136. The molecule has 0 bridgehead atoms. The average Bonchev–Trinajstić information content (AvgIpc) is 2.63. The van der Waals surface area contributed by atoms with Crippen LogP contribution in [0.25, 0.3) is 0 Å². The number of nitrogens with one attached hydrogen (secondary N) is 1. The monoisotopic (exact) mass is 254 g/mol. The number of rotatable bonds is 5. The number of hydrogen-bond donors (Lipinski definition) is 1. The van der Waals surface area contributed by atoms with Crippen LogP contribution in [0.5, 0.6) is 0 Å². The van der Waals surface area contributed by atoms with Crippen molar-refractivity contribution in [1.29, 1.82) is 0 Å². The molecular weight excluding hydrogens is 228 g/mol. The van der Waals surface area contributed by atoms with Crippen LogP contribution in [0.3, 0.4) is 0 Å². The molecule has 0 radical (unpaired) electrons. The predicted octanol–water partition coefficient (Wildman–Crippen LogP) is 1.77. The second-order valence-electron chi connectivity index (χ2n) is 5.54. The highest BCUT2D eigenvalue weighted by Crippen LogP contribution is 2.22. The van der Waals surface area contributed by atoms with Crippen LogP contribution in [0.2, 0.25) is 0 Å². The molecule has 0 saturated carbocycles. The molecule has 1 aliphatic rings. The fourth-order valence-corrected chi connectivity index (χ4v) is 2.33. The van der Waals surface area contributed by atoms with Crippen LogP contribution < -0.4 is 5.32 Å². The first-order valence-electron chi connectivity index (χ1n) is 6.62. The topological polar surface area (TPSA) is 41.6 Å². The first-order valence-corrected chi connectivity index (χ1v) is 6.62. The van der Waals surface area contributed by atoms with Gasteiger partial charge in [-0.3, -0.25) is 10.1 Å². The number of likely N-dealkylation sites (tertiary alicyclic amines) is 1. The summed E-state index contributed by atoms with van der Waals surface area (Å²) in [5, 5.41) is 3.24. The molecular formula is C14H26N2O2. The number of amides is 1. The van der Waals surface area contributed by atoms with Crippen molar-refractivity contribution in [2.45, 2.75) is 52.4 Å². The van der Waals surface area contributed by atoms with E-state index in [-0.39, 0.29) is 30.1 Å². The second kappa shape index (κ2) is 6.34. The molecule has 0 aromatic carbocycles. The Balaban J connectivity index is 2.73. The molecule has 0 aromatic rings. The minimum absolute atomic E-state index is 0.123. The Labute approximate surface area is 110 Å². The van der Waals surface area contributed by atoms with Crippen LogP contribution in [0, 0.1) is 5.92 Å². The molecule has 2 unspecified atom stereocenters. The second-order valence-corrected chi connectivity index (χ2v) is 5.54. The van der Waals surface area contributed by atoms with Crippen LogP contribution in [0.15, 0.2) is 12.2 Å². The van der Waals surface area contributed by atoms with Gasteiger partial charge in [-0.25, -0.2) is 0 Å². The zero-order valence-corrected chi connectivity index (χ0v) is 12.2. The first kappa shape index (κ1) is 15.2. The summed E-state index contributed by atoms with van der Waals surface area (Å²) in [6, 6.07) is 0.0548. The van der Waals surface area contributed by atoms with Crippen LogP contribution in [0.4, 0.5) is 0 Å². The van der Waals surface area contributed by atoms with Gasteiger partial charge in [-0.15, -0.1) is 0 Å². The molecule has 1 amide bonds. The molecule has 4 heteroatoms. The molecule has 0 aromatic heterocycles. The maximum Gasteiger partial charge on any atom is 0.240 e. The molecule has 104 valence electrons. The van der Waals surface area contributed by atoms with Gasteiger partial charge in [0.05, 0.1) is 6.04 Å². The number of hydrogen-bond acceptors (Lipinski definition) is 3. The van der Waals surface area contributed by atoms with Crippen LogP contribution in [0.1, 0.15) is 34.1 Å². The smallest absolute Gasteiger partial charge is 0.240 e. The number of methoxy groups -OCH3 is 1. The lowest BCUT2D eigenvalue weighted by Gasteiger charge is -2.31. The molecule has 1 saturated heterocycles. The molecule has 4 nitrogen and oxygen atoms in total. The third kappa shape index (κ3) is 3.56. The van der Waals surface area contributed by atoms with E-state index in [1.807, 2.05) is 25.7 Å². The Morgan fingerprint density at radius 2 is 2.11 bits per heavy atom. The van der Waals surface area contributed by atoms with Crippen molar-refractivity contribution in [3.63, 3.8) is 0 Å². The Hall–Kier alpha value is -0.870. The molecule has 1 N–H and O–H groups in total. The van der Waals surface area contributed by atoms with E-state index in [0.29, 0.717) is 6.54 Å². The van der Waals surface area contributed by atoms with Gasteiger partial charge in [0.25, 0.3) is 0 Å². The molecule has 3 atom stereocenters. The maximum absolute atomic E-state index is 12.6. The third-order valence-electron chi connectivity index (χ3n) is 3.49. The van der Waals surface area contributed by atoms with Crippen molar-refractivity contribution < 1.29 is 9.53 Å². The lowest BCUT2D eigenvalue weighted by Crippen LogP contribution is -2.53. The number of ether oxygens (including phenoxy) is 1. The van der Waals surface area contributed by atoms with Gasteiger partial charge in [-0.1, -0.05) is 26.0 Å². The van der Waals surface area contributed by atoms with Gasteiger partial charge in [0.2, 0.25) is 5.91 Å². The normalized spacial score (nSPS) is 23.6. The van der Waals surface area contributed by atoms with Crippen LogP contribution >= 0.6 is 0 Å². The standard InChI is InChI=1S/C14H26N2O2/c1-9(2)13(15-12(5)18-6)14(17)16-8-10(3)7-11(16)4/h9,11-13,15H,3,7-8H2,1-2,4-6H3/t11?,12?,13-/m0/s1. The van der Waals surface area contributed by atoms with E-state index in [9.17, 15) is 4.79 Å². The van der Waals surface area contributed by atoms with Gasteiger partial charge < -0.3 is 9.64 Å². The summed E-state index contributed by atoms with van der Waals surface area (Å²) in [5.41, 5.74) is 1.14. The highest BCUT2D eigenvalue weighted by atomic mass is 16.5. The van der Waals surface area contributed by atoms with E-state index in [1.165, 1.54) is 0 Å². The Kier molecular flexibility index (Phi) is 5.35. The highest BCUT2D eigenvalue weighted by Gasteiger charge is 2.34. The summed E-state index contributed by atoms with van der Waals surface area (Å²) in [5.74, 6) is 0.385. The molecule has 0 spiro atoms. The zero-order chi connectivity index (χ0) is 13.9. The first-order chi connectivity index (χ1) is 8.36. The van der Waals surface area contributed by atoms with Gasteiger partial charge in [0, 0.05) is 19.7 Å².